The highest BCUT2D eigenvalue weighted by atomic mass is 16.5. The number of aliphatic hydroxyl groups excluding tert-OH is 1. The molecule has 0 saturated heterocycles. The first kappa shape index (κ1) is 16.3. The van der Waals surface area contributed by atoms with Gasteiger partial charge in [0.1, 0.15) is 0 Å². The summed E-state index contributed by atoms with van der Waals surface area (Å²) in [4.78, 5) is 12.3. The Labute approximate surface area is 138 Å². The van der Waals surface area contributed by atoms with Crippen LogP contribution in [0.15, 0.2) is 42.0 Å². The molecule has 3 heteroatoms. The highest BCUT2D eigenvalue weighted by Gasteiger charge is 2.44. The highest BCUT2D eigenvalue weighted by molar-refractivity contribution is 5.74. The lowest BCUT2D eigenvalue weighted by atomic mass is 9.61. The number of ether oxygens (including phenoxy) is 1. The van der Waals surface area contributed by atoms with Crippen LogP contribution < -0.4 is 0 Å². The minimum Gasteiger partial charge on any atom is -0.469 e. The van der Waals surface area contributed by atoms with Crippen LogP contribution >= 0.6 is 0 Å². The summed E-state index contributed by atoms with van der Waals surface area (Å²) in [5.74, 6) is -0.263. The quantitative estimate of drug-likeness (QED) is 0.669. The van der Waals surface area contributed by atoms with E-state index in [0.717, 1.165) is 18.4 Å². The topological polar surface area (TPSA) is 46.5 Å². The number of aliphatic hydroxyl groups is 1. The summed E-state index contributed by atoms with van der Waals surface area (Å²) in [7, 11) is 1.45. The number of carbonyl (C=O) groups is 1. The van der Waals surface area contributed by atoms with E-state index >= 15 is 0 Å². The highest BCUT2D eigenvalue weighted by Crippen LogP contribution is 2.50. The molecule has 3 rings (SSSR count). The van der Waals surface area contributed by atoms with Crippen molar-refractivity contribution in [3.63, 3.8) is 0 Å². The predicted octanol–water partition coefficient (Wildman–Crippen LogP) is 3.69. The number of rotatable bonds is 2. The molecule has 0 amide bonds. The summed E-state index contributed by atoms with van der Waals surface area (Å²) in [5.41, 5.74) is 2.57. The van der Waals surface area contributed by atoms with Gasteiger partial charge in [0, 0.05) is 11.8 Å². The van der Waals surface area contributed by atoms with E-state index in [4.69, 9.17) is 4.74 Å². The molecule has 0 bridgehead atoms. The van der Waals surface area contributed by atoms with Gasteiger partial charge in [-0.05, 0) is 30.2 Å². The van der Waals surface area contributed by atoms with Gasteiger partial charge in [-0.1, -0.05) is 55.8 Å². The molecule has 4 atom stereocenters. The molecule has 1 N–H and O–H groups in total. The third-order valence-corrected chi connectivity index (χ3v) is 5.41. The third-order valence-electron chi connectivity index (χ3n) is 5.41. The van der Waals surface area contributed by atoms with Crippen molar-refractivity contribution in [2.45, 2.75) is 45.1 Å². The summed E-state index contributed by atoms with van der Waals surface area (Å²) in [6.45, 7) is 4.41. The zero-order valence-electron chi connectivity index (χ0n) is 14.2. The average Bonchev–Trinajstić information content (AvgIpc) is 2.53. The van der Waals surface area contributed by atoms with Crippen LogP contribution in [0, 0.1) is 17.3 Å². The monoisotopic (exact) mass is 314 g/mol. The number of hydrogen-bond acceptors (Lipinski definition) is 3. The zero-order chi connectivity index (χ0) is 16.6. The Hall–Kier alpha value is -1.61. The van der Waals surface area contributed by atoms with E-state index < -0.39 is 0 Å². The SMILES string of the molecule is COC(=O)[C@H]1C[C@@H]2C(=C[C@H]1c1ccccc1)CC(C)(C)C[C@@H]2O. The van der Waals surface area contributed by atoms with Crippen LogP contribution in [0.2, 0.25) is 0 Å². The van der Waals surface area contributed by atoms with Gasteiger partial charge in [-0.15, -0.1) is 0 Å². The second-order valence-corrected chi connectivity index (χ2v) is 7.76. The molecule has 1 aromatic rings. The van der Waals surface area contributed by atoms with Gasteiger partial charge in [-0.2, -0.15) is 0 Å². The number of benzene rings is 1. The van der Waals surface area contributed by atoms with E-state index in [0.29, 0.717) is 6.42 Å². The fourth-order valence-electron chi connectivity index (χ4n) is 4.37. The molecule has 0 aromatic heterocycles. The van der Waals surface area contributed by atoms with Crippen LogP contribution in [0.3, 0.4) is 0 Å². The fourth-order valence-corrected chi connectivity index (χ4v) is 4.37. The van der Waals surface area contributed by atoms with Crippen LogP contribution in [-0.2, 0) is 9.53 Å². The minimum absolute atomic E-state index is 0.0380. The van der Waals surface area contributed by atoms with Crippen LogP contribution in [0.4, 0.5) is 0 Å². The van der Waals surface area contributed by atoms with Crippen molar-refractivity contribution in [3.05, 3.63) is 47.5 Å². The van der Waals surface area contributed by atoms with Gasteiger partial charge in [0.15, 0.2) is 0 Å². The Balaban J connectivity index is 2.00. The summed E-state index contributed by atoms with van der Waals surface area (Å²) < 4.78 is 5.05. The van der Waals surface area contributed by atoms with Gasteiger partial charge >= 0.3 is 5.97 Å². The minimum atomic E-state index is -0.367. The Morgan fingerprint density at radius 1 is 1.26 bits per heavy atom. The lowest BCUT2D eigenvalue weighted by Gasteiger charge is -2.45. The van der Waals surface area contributed by atoms with Gasteiger partial charge < -0.3 is 9.84 Å². The lowest BCUT2D eigenvalue weighted by Crippen LogP contribution is -2.41. The van der Waals surface area contributed by atoms with E-state index in [9.17, 15) is 9.90 Å². The van der Waals surface area contributed by atoms with E-state index in [1.54, 1.807) is 0 Å². The molecule has 0 spiro atoms. The van der Waals surface area contributed by atoms with Crippen molar-refractivity contribution in [2.75, 3.05) is 7.11 Å². The van der Waals surface area contributed by atoms with Gasteiger partial charge in [0.25, 0.3) is 0 Å². The largest absolute Gasteiger partial charge is 0.469 e. The van der Waals surface area contributed by atoms with Gasteiger partial charge in [0.05, 0.1) is 19.1 Å². The molecule has 0 heterocycles. The van der Waals surface area contributed by atoms with Crippen LogP contribution in [-0.4, -0.2) is 24.3 Å². The molecule has 1 aromatic carbocycles. The van der Waals surface area contributed by atoms with Crippen molar-refractivity contribution in [1.29, 1.82) is 0 Å². The molecule has 2 aliphatic carbocycles. The molecule has 0 radical (unpaired) electrons. The first-order valence-corrected chi connectivity index (χ1v) is 8.43. The average molecular weight is 314 g/mol. The van der Waals surface area contributed by atoms with E-state index in [-0.39, 0.29) is 35.2 Å². The van der Waals surface area contributed by atoms with Crippen molar-refractivity contribution in [3.8, 4) is 0 Å². The molecule has 0 aliphatic heterocycles. The molecule has 2 aliphatic rings. The lowest BCUT2D eigenvalue weighted by molar-refractivity contribution is -0.147. The van der Waals surface area contributed by atoms with Crippen LogP contribution in [0.5, 0.6) is 0 Å². The number of fused-ring (bicyclic) bond motifs is 1. The smallest absolute Gasteiger partial charge is 0.309 e. The van der Waals surface area contributed by atoms with Crippen LogP contribution in [0.1, 0.15) is 44.6 Å². The van der Waals surface area contributed by atoms with Crippen molar-refractivity contribution >= 4 is 5.97 Å². The number of esters is 1. The summed E-state index contributed by atoms with van der Waals surface area (Å²) in [6.07, 6.45) is 4.32. The Morgan fingerprint density at radius 3 is 2.61 bits per heavy atom. The second-order valence-electron chi connectivity index (χ2n) is 7.76. The van der Waals surface area contributed by atoms with Crippen molar-refractivity contribution in [2.24, 2.45) is 17.3 Å². The molecular weight excluding hydrogens is 288 g/mol. The maximum absolute atomic E-state index is 12.3. The maximum atomic E-state index is 12.3. The number of hydrogen-bond donors (Lipinski definition) is 1. The zero-order valence-corrected chi connectivity index (χ0v) is 14.2. The summed E-state index contributed by atoms with van der Waals surface area (Å²) >= 11 is 0. The Bertz CT molecular complexity index is 603. The first-order chi connectivity index (χ1) is 10.9. The van der Waals surface area contributed by atoms with Gasteiger partial charge in [0.2, 0.25) is 0 Å². The first-order valence-electron chi connectivity index (χ1n) is 8.43. The number of carbonyl (C=O) groups excluding carboxylic acids is 1. The van der Waals surface area contributed by atoms with Gasteiger partial charge in [-0.25, -0.2) is 0 Å². The van der Waals surface area contributed by atoms with E-state index in [1.807, 2.05) is 18.2 Å². The van der Waals surface area contributed by atoms with E-state index in [1.165, 1.54) is 12.7 Å². The molecule has 23 heavy (non-hydrogen) atoms. The normalized spacial score (nSPS) is 32.6. The molecule has 1 saturated carbocycles. The maximum Gasteiger partial charge on any atom is 0.309 e. The second kappa shape index (κ2) is 6.12. The number of allylic oxidation sites excluding steroid dienone is 1. The third kappa shape index (κ3) is 3.20. The Kier molecular flexibility index (Phi) is 4.33. The molecule has 1 fully saturated rings. The van der Waals surface area contributed by atoms with E-state index in [2.05, 4.69) is 32.1 Å². The van der Waals surface area contributed by atoms with Crippen molar-refractivity contribution in [1.82, 2.24) is 0 Å². The Morgan fingerprint density at radius 2 is 1.96 bits per heavy atom. The molecule has 0 unspecified atom stereocenters. The molecule has 3 nitrogen and oxygen atoms in total. The summed E-state index contributed by atoms with van der Waals surface area (Å²) in [5, 5.41) is 10.6. The van der Waals surface area contributed by atoms with Crippen LogP contribution in [0.25, 0.3) is 0 Å². The molecular formula is C20H26O3. The molecule has 124 valence electrons. The predicted molar refractivity (Wildman–Crippen MR) is 89.9 cm³/mol. The van der Waals surface area contributed by atoms with Gasteiger partial charge in [-0.3, -0.25) is 4.79 Å². The standard InChI is InChI=1S/C20H26O3/c1-20(2)11-14-9-15(13-7-5-4-6-8-13)17(19(22)23-3)10-16(14)18(21)12-20/h4-9,15-18,21H,10-12H2,1-3H3/t15-,16+,17-,18-/m0/s1. The summed E-state index contributed by atoms with van der Waals surface area (Å²) in [6, 6.07) is 10.1. The fraction of sp³-hybridized carbons (Fsp3) is 0.550. The number of methoxy groups -OCH3 is 1. The van der Waals surface area contributed by atoms with Crippen molar-refractivity contribution < 1.29 is 14.6 Å².